The number of rotatable bonds is 3. The van der Waals surface area contributed by atoms with Gasteiger partial charge in [-0.1, -0.05) is 0 Å². The molecule has 0 atom stereocenters. The summed E-state index contributed by atoms with van der Waals surface area (Å²) in [6.45, 7) is 0. The number of benzene rings is 1. The number of methoxy groups -OCH3 is 1. The molecule has 1 rings (SSSR count). The lowest BCUT2D eigenvalue weighted by molar-refractivity contribution is 0.411. The molecular formula is C9H9Cl2IO. The van der Waals surface area contributed by atoms with Crippen molar-refractivity contribution < 1.29 is 4.74 Å². The molecule has 1 aromatic rings. The van der Waals surface area contributed by atoms with Crippen LogP contribution in [0.5, 0.6) is 5.75 Å². The minimum atomic E-state index is 0.448. The minimum Gasteiger partial charge on any atom is -0.496 e. The Morgan fingerprint density at radius 3 is 2.31 bits per heavy atom. The Labute approximate surface area is 102 Å². The molecule has 0 radical (unpaired) electrons. The van der Waals surface area contributed by atoms with Gasteiger partial charge >= 0.3 is 0 Å². The van der Waals surface area contributed by atoms with Crippen molar-refractivity contribution in [3.05, 3.63) is 26.8 Å². The Kier molecular flexibility index (Phi) is 4.62. The smallest absolute Gasteiger partial charge is 0.124 e. The summed E-state index contributed by atoms with van der Waals surface area (Å²) in [7, 11) is 1.64. The lowest BCUT2D eigenvalue weighted by Crippen LogP contribution is -1.94. The molecule has 0 aliphatic heterocycles. The van der Waals surface area contributed by atoms with Gasteiger partial charge < -0.3 is 4.74 Å². The van der Waals surface area contributed by atoms with Crippen molar-refractivity contribution in [3.8, 4) is 5.75 Å². The molecular weight excluding hydrogens is 322 g/mol. The fourth-order valence-corrected chi connectivity index (χ4v) is 2.33. The molecule has 0 saturated heterocycles. The third-order valence-electron chi connectivity index (χ3n) is 1.74. The maximum Gasteiger partial charge on any atom is 0.124 e. The van der Waals surface area contributed by atoms with Crippen LogP contribution in [0.4, 0.5) is 0 Å². The Hall–Kier alpha value is 0.330. The number of ether oxygens (including phenoxy) is 1. The average molecular weight is 331 g/mol. The summed E-state index contributed by atoms with van der Waals surface area (Å²) in [4.78, 5) is 0. The summed E-state index contributed by atoms with van der Waals surface area (Å²) in [5.41, 5.74) is 2.08. The van der Waals surface area contributed by atoms with Crippen LogP contribution >= 0.6 is 45.8 Å². The molecule has 1 aromatic carbocycles. The Bertz CT molecular complexity index is 302. The van der Waals surface area contributed by atoms with E-state index in [-0.39, 0.29) is 0 Å². The second kappa shape index (κ2) is 5.27. The maximum atomic E-state index is 5.77. The van der Waals surface area contributed by atoms with E-state index in [1.165, 1.54) is 0 Å². The van der Waals surface area contributed by atoms with Crippen LogP contribution in [-0.2, 0) is 11.8 Å². The third kappa shape index (κ3) is 2.64. The van der Waals surface area contributed by atoms with E-state index >= 15 is 0 Å². The number of alkyl halides is 2. The molecule has 4 heteroatoms. The zero-order chi connectivity index (χ0) is 9.84. The molecule has 0 heterocycles. The van der Waals surface area contributed by atoms with Gasteiger partial charge in [0.2, 0.25) is 0 Å². The lowest BCUT2D eigenvalue weighted by Gasteiger charge is -2.09. The van der Waals surface area contributed by atoms with E-state index in [1.54, 1.807) is 7.11 Å². The molecule has 1 nitrogen and oxygen atoms in total. The fraction of sp³-hybridized carbons (Fsp3) is 0.333. The van der Waals surface area contributed by atoms with Crippen molar-refractivity contribution in [1.82, 2.24) is 0 Å². The Balaban J connectivity index is 3.18. The first-order valence-electron chi connectivity index (χ1n) is 3.70. The second-order valence-corrected chi connectivity index (χ2v) is 4.22. The Morgan fingerprint density at radius 1 is 1.23 bits per heavy atom. The predicted molar refractivity (Wildman–Crippen MR) is 64.8 cm³/mol. The van der Waals surface area contributed by atoms with Crippen molar-refractivity contribution in [2.75, 3.05) is 7.11 Å². The SMILES string of the molecule is COc1cc(I)c(CCl)cc1CCl. The van der Waals surface area contributed by atoms with Crippen LogP contribution in [0.25, 0.3) is 0 Å². The molecule has 0 amide bonds. The third-order valence-corrected chi connectivity index (χ3v) is 3.32. The van der Waals surface area contributed by atoms with Gasteiger partial charge in [-0.05, 0) is 40.3 Å². The van der Waals surface area contributed by atoms with Crippen molar-refractivity contribution >= 4 is 45.8 Å². The van der Waals surface area contributed by atoms with E-state index in [1.807, 2.05) is 12.1 Å². The van der Waals surface area contributed by atoms with E-state index in [9.17, 15) is 0 Å². The van der Waals surface area contributed by atoms with Gasteiger partial charge in [0.1, 0.15) is 5.75 Å². The zero-order valence-corrected chi connectivity index (χ0v) is 10.8. The normalized spacial score (nSPS) is 10.2. The molecule has 0 aliphatic rings. The quantitative estimate of drug-likeness (QED) is 0.605. The highest BCUT2D eigenvalue weighted by Gasteiger charge is 2.06. The molecule has 0 N–H and O–H groups in total. The summed E-state index contributed by atoms with van der Waals surface area (Å²) in [6, 6.07) is 3.94. The van der Waals surface area contributed by atoms with Crippen molar-refractivity contribution in [2.45, 2.75) is 11.8 Å². The van der Waals surface area contributed by atoms with Crippen LogP contribution in [0.15, 0.2) is 12.1 Å². The first kappa shape index (κ1) is 11.4. The van der Waals surface area contributed by atoms with Gasteiger partial charge in [0, 0.05) is 15.0 Å². The first-order valence-corrected chi connectivity index (χ1v) is 5.85. The van der Waals surface area contributed by atoms with E-state index < -0.39 is 0 Å². The maximum absolute atomic E-state index is 5.77. The Morgan fingerprint density at radius 2 is 1.85 bits per heavy atom. The molecule has 0 bridgehead atoms. The highest BCUT2D eigenvalue weighted by atomic mass is 127. The van der Waals surface area contributed by atoms with Crippen molar-refractivity contribution in [3.63, 3.8) is 0 Å². The molecule has 0 unspecified atom stereocenters. The molecule has 0 aliphatic carbocycles. The molecule has 0 spiro atoms. The molecule has 13 heavy (non-hydrogen) atoms. The van der Waals surface area contributed by atoms with Crippen LogP contribution in [0.3, 0.4) is 0 Å². The lowest BCUT2D eigenvalue weighted by atomic mass is 10.1. The zero-order valence-electron chi connectivity index (χ0n) is 7.11. The topological polar surface area (TPSA) is 9.23 Å². The summed E-state index contributed by atoms with van der Waals surface area (Å²) < 4.78 is 6.29. The molecule has 72 valence electrons. The number of hydrogen-bond acceptors (Lipinski definition) is 1. The number of halogens is 3. The molecule has 0 fully saturated rings. The van der Waals surface area contributed by atoms with E-state index in [0.29, 0.717) is 11.8 Å². The first-order chi connectivity index (χ1) is 6.22. The van der Waals surface area contributed by atoms with Gasteiger partial charge in [-0.2, -0.15) is 0 Å². The van der Waals surface area contributed by atoms with Crippen LogP contribution in [0.2, 0.25) is 0 Å². The highest BCUT2D eigenvalue weighted by Crippen LogP contribution is 2.27. The van der Waals surface area contributed by atoms with Gasteiger partial charge in [-0.15, -0.1) is 23.2 Å². The minimum absolute atomic E-state index is 0.448. The number of hydrogen-bond donors (Lipinski definition) is 0. The average Bonchev–Trinajstić information content (AvgIpc) is 2.17. The summed E-state index contributed by atoms with van der Waals surface area (Å²) in [5, 5.41) is 0. The van der Waals surface area contributed by atoms with E-state index in [4.69, 9.17) is 27.9 Å². The fourth-order valence-electron chi connectivity index (χ4n) is 1.05. The van der Waals surface area contributed by atoms with Crippen LogP contribution < -0.4 is 4.74 Å². The molecule has 0 saturated carbocycles. The largest absolute Gasteiger partial charge is 0.496 e. The van der Waals surface area contributed by atoms with Crippen LogP contribution in [0, 0.1) is 3.57 Å². The predicted octanol–water partition coefficient (Wildman–Crippen LogP) is 3.78. The monoisotopic (exact) mass is 330 g/mol. The second-order valence-electron chi connectivity index (χ2n) is 2.52. The van der Waals surface area contributed by atoms with Crippen molar-refractivity contribution in [2.24, 2.45) is 0 Å². The highest BCUT2D eigenvalue weighted by molar-refractivity contribution is 14.1. The summed E-state index contributed by atoms with van der Waals surface area (Å²) >= 11 is 13.8. The summed E-state index contributed by atoms with van der Waals surface area (Å²) in [5.74, 6) is 1.78. The van der Waals surface area contributed by atoms with Gasteiger partial charge in [0.25, 0.3) is 0 Å². The van der Waals surface area contributed by atoms with Crippen molar-refractivity contribution in [1.29, 1.82) is 0 Å². The van der Waals surface area contributed by atoms with Crippen LogP contribution in [-0.4, -0.2) is 7.11 Å². The van der Waals surface area contributed by atoms with Crippen LogP contribution in [0.1, 0.15) is 11.1 Å². The van der Waals surface area contributed by atoms with E-state index in [2.05, 4.69) is 22.6 Å². The molecule has 0 aromatic heterocycles. The summed E-state index contributed by atoms with van der Waals surface area (Å²) in [6.07, 6.45) is 0. The van der Waals surface area contributed by atoms with Gasteiger partial charge in [-0.25, -0.2) is 0 Å². The van der Waals surface area contributed by atoms with Gasteiger partial charge in [0.15, 0.2) is 0 Å². The van der Waals surface area contributed by atoms with Gasteiger partial charge in [-0.3, -0.25) is 0 Å². The van der Waals surface area contributed by atoms with E-state index in [0.717, 1.165) is 20.4 Å². The van der Waals surface area contributed by atoms with Gasteiger partial charge in [0.05, 0.1) is 13.0 Å². The standard InChI is InChI=1S/C9H9Cl2IO/c1-13-9-3-8(12)6(4-10)2-7(9)5-11/h2-3H,4-5H2,1H3.